The van der Waals surface area contributed by atoms with E-state index < -0.39 is 0 Å². The van der Waals surface area contributed by atoms with Crippen molar-refractivity contribution in [3.05, 3.63) is 79.7 Å². The van der Waals surface area contributed by atoms with Gasteiger partial charge < -0.3 is 0 Å². The van der Waals surface area contributed by atoms with E-state index in [1.165, 1.54) is 0 Å². The summed E-state index contributed by atoms with van der Waals surface area (Å²) < 4.78 is 2.10. The fourth-order valence-corrected chi connectivity index (χ4v) is 3.67. The van der Waals surface area contributed by atoms with Gasteiger partial charge in [-0.05, 0) is 66.3 Å². The Bertz CT molecular complexity index is 747. The van der Waals surface area contributed by atoms with Gasteiger partial charge in [0, 0.05) is 20.1 Å². The molecule has 0 atom stereocenters. The maximum absolute atomic E-state index is 13.0. The minimum absolute atomic E-state index is 0.190. The predicted molar refractivity (Wildman–Crippen MR) is 112 cm³/mol. The van der Waals surface area contributed by atoms with Gasteiger partial charge in [0.1, 0.15) is 0 Å². The van der Waals surface area contributed by atoms with Gasteiger partial charge in [0.15, 0.2) is 5.78 Å². The molecule has 1 nitrogen and oxygen atoms in total. The number of benzene rings is 2. The molecule has 3 rings (SSSR count). The topological polar surface area (TPSA) is 17.1 Å². The fourth-order valence-electron chi connectivity index (χ4n) is 3.14. The van der Waals surface area contributed by atoms with E-state index in [9.17, 15) is 4.79 Å². The van der Waals surface area contributed by atoms with Crippen molar-refractivity contribution in [2.75, 3.05) is 0 Å². The molecule has 0 bridgehead atoms. The van der Waals surface area contributed by atoms with E-state index >= 15 is 0 Å². The number of carbonyl (C=O) groups is 1. The van der Waals surface area contributed by atoms with Gasteiger partial charge in [-0.2, -0.15) is 0 Å². The van der Waals surface area contributed by atoms with Crippen molar-refractivity contribution in [2.24, 2.45) is 5.92 Å². The quantitative estimate of drug-likeness (QED) is 0.448. The van der Waals surface area contributed by atoms with Crippen LogP contribution >= 0.6 is 31.9 Å². The molecule has 0 amide bonds. The van der Waals surface area contributed by atoms with Gasteiger partial charge in [-0.25, -0.2) is 0 Å². The monoisotopic (exact) mass is 458 g/mol. The number of hydrogen-bond acceptors (Lipinski definition) is 1. The van der Waals surface area contributed by atoms with Crippen LogP contribution in [0.3, 0.4) is 0 Å². The van der Waals surface area contributed by atoms with E-state index in [-0.39, 0.29) is 5.78 Å². The SMILES string of the molecule is CCC1CC(=Cc2ccc(Br)cc2)C(=O)C(=Cc2ccc(Br)cc2)C1. The highest BCUT2D eigenvalue weighted by Crippen LogP contribution is 2.34. The summed E-state index contributed by atoms with van der Waals surface area (Å²) in [5.74, 6) is 0.719. The van der Waals surface area contributed by atoms with Gasteiger partial charge in [0.05, 0.1) is 0 Å². The first kappa shape index (κ1) is 18.3. The second-order valence-corrected chi connectivity index (χ2v) is 8.29. The van der Waals surface area contributed by atoms with Crippen molar-refractivity contribution in [3.63, 3.8) is 0 Å². The molecular weight excluding hydrogens is 440 g/mol. The van der Waals surface area contributed by atoms with Crippen LogP contribution in [0.2, 0.25) is 0 Å². The summed E-state index contributed by atoms with van der Waals surface area (Å²) in [6.07, 6.45) is 6.91. The lowest BCUT2D eigenvalue weighted by molar-refractivity contribution is -0.113. The minimum atomic E-state index is 0.190. The van der Waals surface area contributed by atoms with E-state index in [4.69, 9.17) is 0 Å². The normalized spacial score (nSPS) is 21.1. The van der Waals surface area contributed by atoms with Gasteiger partial charge in [-0.15, -0.1) is 0 Å². The van der Waals surface area contributed by atoms with Crippen molar-refractivity contribution in [1.29, 1.82) is 0 Å². The molecule has 25 heavy (non-hydrogen) atoms. The average molecular weight is 460 g/mol. The fraction of sp³-hybridized carbons (Fsp3) is 0.227. The van der Waals surface area contributed by atoms with Crippen LogP contribution in [0.1, 0.15) is 37.3 Å². The second kappa shape index (κ2) is 8.29. The molecule has 128 valence electrons. The van der Waals surface area contributed by atoms with Crippen molar-refractivity contribution in [2.45, 2.75) is 26.2 Å². The molecule has 1 fully saturated rings. The van der Waals surface area contributed by atoms with Crippen molar-refractivity contribution in [1.82, 2.24) is 0 Å². The standard InChI is InChI=1S/C22H20Br2O/c1-2-15-11-18(13-16-3-7-20(23)8-4-16)22(25)19(12-15)14-17-5-9-21(24)10-6-17/h3-10,13-15H,2,11-12H2,1H3. The first-order valence-electron chi connectivity index (χ1n) is 8.52. The summed E-state index contributed by atoms with van der Waals surface area (Å²) in [6.45, 7) is 2.20. The largest absolute Gasteiger partial charge is 0.289 e. The maximum Gasteiger partial charge on any atom is 0.185 e. The minimum Gasteiger partial charge on any atom is -0.289 e. The number of rotatable bonds is 3. The van der Waals surface area contributed by atoms with E-state index in [1.54, 1.807) is 0 Å². The van der Waals surface area contributed by atoms with Crippen LogP contribution in [-0.2, 0) is 4.79 Å². The Morgan fingerprint density at radius 3 is 1.60 bits per heavy atom. The molecule has 0 heterocycles. The Balaban J connectivity index is 1.93. The molecule has 0 radical (unpaired) electrons. The average Bonchev–Trinajstić information content (AvgIpc) is 2.62. The van der Waals surface area contributed by atoms with Crippen LogP contribution in [0, 0.1) is 5.92 Å². The molecule has 0 spiro atoms. The molecule has 2 aromatic carbocycles. The molecule has 0 unspecified atom stereocenters. The zero-order valence-corrected chi connectivity index (χ0v) is 17.3. The molecule has 0 saturated heterocycles. The van der Waals surface area contributed by atoms with Crippen LogP contribution in [0.4, 0.5) is 0 Å². The van der Waals surface area contributed by atoms with Crippen LogP contribution in [0.5, 0.6) is 0 Å². The first-order valence-corrected chi connectivity index (χ1v) is 10.1. The lowest BCUT2D eigenvalue weighted by Gasteiger charge is -2.24. The Hall–Kier alpha value is -1.45. The second-order valence-electron chi connectivity index (χ2n) is 6.45. The summed E-state index contributed by atoms with van der Waals surface area (Å²) in [7, 11) is 0. The van der Waals surface area contributed by atoms with E-state index in [1.807, 2.05) is 60.7 Å². The first-order chi connectivity index (χ1) is 12.0. The van der Waals surface area contributed by atoms with Gasteiger partial charge in [0.2, 0.25) is 0 Å². The van der Waals surface area contributed by atoms with Crippen LogP contribution in [0.25, 0.3) is 12.2 Å². The highest BCUT2D eigenvalue weighted by Gasteiger charge is 2.26. The van der Waals surface area contributed by atoms with Crippen molar-refractivity contribution in [3.8, 4) is 0 Å². The van der Waals surface area contributed by atoms with Gasteiger partial charge >= 0.3 is 0 Å². The predicted octanol–water partition coefficient (Wildman–Crippen LogP) is 7.07. The molecule has 0 aliphatic heterocycles. The van der Waals surface area contributed by atoms with Crippen LogP contribution < -0.4 is 0 Å². The summed E-state index contributed by atoms with van der Waals surface area (Å²) in [5, 5.41) is 0. The zero-order chi connectivity index (χ0) is 17.8. The Kier molecular flexibility index (Phi) is 6.08. The highest BCUT2D eigenvalue weighted by atomic mass is 79.9. The molecule has 1 saturated carbocycles. The number of hydrogen-bond donors (Lipinski definition) is 0. The molecule has 3 heteroatoms. The number of halogens is 2. The Morgan fingerprint density at radius 1 is 0.840 bits per heavy atom. The summed E-state index contributed by atoms with van der Waals surface area (Å²) in [4.78, 5) is 13.0. The van der Waals surface area contributed by atoms with Gasteiger partial charge in [0.25, 0.3) is 0 Å². The number of allylic oxidation sites excluding steroid dienone is 2. The van der Waals surface area contributed by atoms with E-state index in [0.717, 1.165) is 50.5 Å². The van der Waals surface area contributed by atoms with Gasteiger partial charge in [-0.3, -0.25) is 4.79 Å². The summed E-state index contributed by atoms with van der Waals surface area (Å²) >= 11 is 6.91. The third kappa shape index (κ3) is 4.80. The number of ketones is 1. The molecule has 1 aliphatic carbocycles. The summed E-state index contributed by atoms with van der Waals surface area (Å²) in [6, 6.07) is 16.2. The third-order valence-electron chi connectivity index (χ3n) is 4.60. The van der Waals surface area contributed by atoms with Gasteiger partial charge in [-0.1, -0.05) is 69.5 Å². The Labute approximate surface area is 166 Å². The smallest absolute Gasteiger partial charge is 0.185 e. The Morgan fingerprint density at radius 2 is 1.24 bits per heavy atom. The van der Waals surface area contributed by atoms with Crippen LogP contribution in [0.15, 0.2) is 68.6 Å². The number of carbonyl (C=O) groups excluding carboxylic acids is 1. The van der Waals surface area contributed by atoms with E-state index in [0.29, 0.717) is 5.92 Å². The van der Waals surface area contributed by atoms with E-state index in [2.05, 4.69) is 38.8 Å². The molecule has 0 aromatic heterocycles. The lowest BCUT2D eigenvalue weighted by atomic mass is 9.79. The molecule has 0 N–H and O–H groups in total. The van der Waals surface area contributed by atoms with Crippen molar-refractivity contribution < 1.29 is 4.79 Å². The van der Waals surface area contributed by atoms with Crippen molar-refractivity contribution >= 4 is 49.8 Å². The molecular formula is C22H20Br2O. The van der Waals surface area contributed by atoms with Crippen LogP contribution in [-0.4, -0.2) is 5.78 Å². The lowest BCUT2D eigenvalue weighted by Crippen LogP contribution is -2.19. The molecule has 1 aliphatic rings. The highest BCUT2D eigenvalue weighted by molar-refractivity contribution is 9.10. The zero-order valence-electron chi connectivity index (χ0n) is 14.1. The maximum atomic E-state index is 13.0. The third-order valence-corrected chi connectivity index (χ3v) is 5.66. The summed E-state index contributed by atoms with van der Waals surface area (Å²) in [5.41, 5.74) is 3.99. The molecule has 2 aromatic rings. The number of Topliss-reactive ketones (excluding diaryl/α,β-unsaturated/α-hetero) is 1.